The van der Waals surface area contributed by atoms with E-state index in [0.717, 1.165) is 29.3 Å². The predicted octanol–water partition coefficient (Wildman–Crippen LogP) is 3.13. The topological polar surface area (TPSA) is 29.0 Å². The van der Waals surface area contributed by atoms with Crippen LogP contribution in [0.1, 0.15) is 19.8 Å². The van der Waals surface area contributed by atoms with E-state index in [2.05, 4.69) is 37.7 Å². The molecule has 1 aliphatic carbocycles. The number of nitrogens with zero attached hydrogens (tertiary/aromatic N) is 3. The normalized spacial score (nSPS) is 15.4. The lowest BCUT2D eigenvalue weighted by molar-refractivity contribution is 0.728. The first kappa shape index (κ1) is 11.1. The highest BCUT2D eigenvalue weighted by atomic mass is 79.9. The standard InChI is InChI=1S/C10H13BrClN3/c1-2-15(5-7-3-4-7)10-8(11)9(12)13-6-14-10/h6-7H,2-5H2,1H3. The molecule has 1 heterocycles. The first-order chi connectivity index (χ1) is 7.22. The van der Waals surface area contributed by atoms with Crippen LogP contribution in [0.15, 0.2) is 10.8 Å². The maximum Gasteiger partial charge on any atom is 0.148 e. The summed E-state index contributed by atoms with van der Waals surface area (Å²) in [7, 11) is 0. The average molecular weight is 291 g/mol. The summed E-state index contributed by atoms with van der Waals surface area (Å²) in [5, 5.41) is 0.481. The third-order valence-electron chi connectivity index (χ3n) is 2.59. The van der Waals surface area contributed by atoms with Gasteiger partial charge in [-0.3, -0.25) is 0 Å². The second kappa shape index (κ2) is 4.66. The van der Waals surface area contributed by atoms with Crippen molar-refractivity contribution in [3.8, 4) is 0 Å². The zero-order valence-corrected chi connectivity index (χ0v) is 10.9. The first-order valence-electron chi connectivity index (χ1n) is 5.13. The number of aromatic nitrogens is 2. The van der Waals surface area contributed by atoms with Crippen molar-refractivity contribution in [3.63, 3.8) is 0 Å². The molecule has 82 valence electrons. The molecule has 1 aromatic heterocycles. The van der Waals surface area contributed by atoms with E-state index >= 15 is 0 Å². The summed E-state index contributed by atoms with van der Waals surface area (Å²) in [5.41, 5.74) is 0. The lowest BCUT2D eigenvalue weighted by Crippen LogP contribution is -2.26. The van der Waals surface area contributed by atoms with Crippen LogP contribution in [0.3, 0.4) is 0 Å². The summed E-state index contributed by atoms with van der Waals surface area (Å²) in [6.07, 6.45) is 4.19. The molecule has 0 bridgehead atoms. The molecular weight excluding hydrogens is 277 g/mol. The zero-order chi connectivity index (χ0) is 10.8. The van der Waals surface area contributed by atoms with Crippen LogP contribution in [0, 0.1) is 5.92 Å². The van der Waals surface area contributed by atoms with Crippen molar-refractivity contribution >= 4 is 33.3 Å². The van der Waals surface area contributed by atoms with Gasteiger partial charge in [0.15, 0.2) is 0 Å². The third-order valence-corrected chi connectivity index (χ3v) is 3.83. The van der Waals surface area contributed by atoms with Gasteiger partial charge in [0.1, 0.15) is 17.3 Å². The van der Waals surface area contributed by atoms with Gasteiger partial charge in [-0.05, 0) is 41.6 Å². The largest absolute Gasteiger partial charge is 0.356 e. The summed E-state index contributed by atoms with van der Waals surface area (Å²) in [5.74, 6) is 1.75. The second-order valence-corrected chi connectivity index (χ2v) is 4.94. The molecule has 1 saturated carbocycles. The van der Waals surface area contributed by atoms with Crippen LogP contribution in [0.25, 0.3) is 0 Å². The minimum absolute atomic E-state index is 0.481. The molecule has 3 nitrogen and oxygen atoms in total. The summed E-state index contributed by atoms with van der Waals surface area (Å²) >= 11 is 9.38. The summed E-state index contributed by atoms with van der Waals surface area (Å²) < 4.78 is 0.800. The highest BCUT2D eigenvalue weighted by Crippen LogP contribution is 2.34. The maximum atomic E-state index is 5.94. The Morgan fingerprint density at radius 1 is 1.53 bits per heavy atom. The number of hydrogen-bond donors (Lipinski definition) is 0. The minimum Gasteiger partial charge on any atom is -0.356 e. The fourth-order valence-electron chi connectivity index (χ4n) is 1.54. The molecule has 1 fully saturated rings. The van der Waals surface area contributed by atoms with Crippen molar-refractivity contribution in [1.82, 2.24) is 9.97 Å². The van der Waals surface area contributed by atoms with E-state index in [0.29, 0.717) is 5.15 Å². The first-order valence-corrected chi connectivity index (χ1v) is 6.30. The van der Waals surface area contributed by atoms with Gasteiger partial charge >= 0.3 is 0 Å². The molecule has 0 saturated heterocycles. The molecule has 1 aliphatic rings. The Kier molecular flexibility index (Phi) is 3.46. The summed E-state index contributed by atoms with van der Waals surface area (Å²) in [6.45, 7) is 4.15. The van der Waals surface area contributed by atoms with Crippen molar-refractivity contribution in [2.75, 3.05) is 18.0 Å². The van der Waals surface area contributed by atoms with Crippen LogP contribution in [0.4, 0.5) is 5.82 Å². The van der Waals surface area contributed by atoms with Gasteiger partial charge in [-0.1, -0.05) is 11.6 Å². The van der Waals surface area contributed by atoms with Gasteiger partial charge in [-0.25, -0.2) is 9.97 Å². The van der Waals surface area contributed by atoms with Crippen LogP contribution in [-0.4, -0.2) is 23.1 Å². The van der Waals surface area contributed by atoms with Crippen LogP contribution in [-0.2, 0) is 0 Å². The van der Waals surface area contributed by atoms with Crippen molar-refractivity contribution in [2.45, 2.75) is 19.8 Å². The third kappa shape index (κ3) is 2.61. The van der Waals surface area contributed by atoms with Gasteiger partial charge in [0.2, 0.25) is 0 Å². The monoisotopic (exact) mass is 289 g/mol. The number of anilines is 1. The number of hydrogen-bond acceptors (Lipinski definition) is 3. The molecule has 0 aromatic carbocycles. The Morgan fingerprint density at radius 2 is 2.27 bits per heavy atom. The zero-order valence-electron chi connectivity index (χ0n) is 8.58. The minimum atomic E-state index is 0.481. The van der Waals surface area contributed by atoms with Crippen LogP contribution < -0.4 is 4.90 Å². The van der Waals surface area contributed by atoms with Gasteiger partial charge in [0, 0.05) is 13.1 Å². The number of halogens is 2. The summed E-state index contributed by atoms with van der Waals surface area (Å²) in [4.78, 5) is 10.5. The highest BCUT2D eigenvalue weighted by molar-refractivity contribution is 9.10. The van der Waals surface area contributed by atoms with Gasteiger partial charge in [-0.15, -0.1) is 0 Å². The summed E-state index contributed by atoms with van der Waals surface area (Å²) in [6, 6.07) is 0. The van der Waals surface area contributed by atoms with Crippen molar-refractivity contribution in [2.24, 2.45) is 5.92 Å². The molecule has 2 rings (SSSR count). The quantitative estimate of drug-likeness (QED) is 0.798. The molecule has 1 aromatic rings. The fourth-order valence-corrected chi connectivity index (χ4v) is 2.12. The molecule has 5 heteroatoms. The maximum absolute atomic E-state index is 5.94. The van der Waals surface area contributed by atoms with Crippen LogP contribution >= 0.6 is 27.5 Å². The smallest absolute Gasteiger partial charge is 0.148 e. The Balaban J connectivity index is 2.20. The van der Waals surface area contributed by atoms with E-state index < -0.39 is 0 Å². The molecule has 15 heavy (non-hydrogen) atoms. The van der Waals surface area contributed by atoms with E-state index in [9.17, 15) is 0 Å². The molecule has 0 unspecified atom stereocenters. The Morgan fingerprint density at radius 3 is 2.87 bits per heavy atom. The molecule has 0 radical (unpaired) electrons. The lowest BCUT2D eigenvalue weighted by Gasteiger charge is -2.22. The van der Waals surface area contributed by atoms with Gasteiger partial charge in [-0.2, -0.15) is 0 Å². The fraction of sp³-hybridized carbons (Fsp3) is 0.600. The molecule has 0 aliphatic heterocycles. The number of rotatable bonds is 4. The molecule has 0 amide bonds. The van der Waals surface area contributed by atoms with E-state index in [1.165, 1.54) is 19.2 Å². The van der Waals surface area contributed by atoms with Gasteiger partial charge < -0.3 is 4.90 Å². The SMILES string of the molecule is CCN(CC1CC1)c1ncnc(Cl)c1Br. The molecule has 0 spiro atoms. The van der Waals surface area contributed by atoms with E-state index in [1.54, 1.807) is 0 Å². The lowest BCUT2D eigenvalue weighted by atomic mass is 10.3. The Bertz CT molecular complexity index is 355. The van der Waals surface area contributed by atoms with E-state index in [1.807, 2.05) is 0 Å². The van der Waals surface area contributed by atoms with Crippen molar-refractivity contribution in [1.29, 1.82) is 0 Å². The molecule has 0 N–H and O–H groups in total. The van der Waals surface area contributed by atoms with Crippen LogP contribution in [0.5, 0.6) is 0 Å². The Hall–Kier alpha value is -0.350. The van der Waals surface area contributed by atoms with Crippen molar-refractivity contribution < 1.29 is 0 Å². The average Bonchev–Trinajstić information content (AvgIpc) is 3.03. The van der Waals surface area contributed by atoms with Crippen molar-refractivity contribution in [3.05, 3.63) is 16.0 Å². The predicted molar refractivity (Wildman–Crippen MR) is 65.4 cm³/mol. The highest BCUT2D eigenvalue weighted by Gasteiger charge is 2.25. The van der Waals surface area contributed by atoms with E-state index in [4.69, 9.17) is 11.6 Å². The van der Waals surface area contributed by atoms with Gasteiger partial charge in [0.25, 0.3) is 0 Å². The van der Waals surface area contributed by atoms with Crippen LogP contribution in [0.2, 0.25) is 5.15 Å². The molecular formula is C10H13BrClN3. The Labute approximate surface area is 103 Å². The van der Waals surface area contributed by atoms with E-state index in [-0.39, 0.29) is 0 Å². The second-order valence-electron chi connectivity index (χ2n) is 3.78. The van der Waals surface area contributed by atoms with Gasteiger partial charge in [0.05, 0.1) is 4.47 Å². The molecule has 0 atom stereocenters.